The molecule has 33 heavy (non-hydrogen) atoms. The van der Waals surface area contributed by atoms with E-state index in [0.717, 1.165) is 29.9 Å². The van der Waals surface area contributed by atoms with Crippen LogP contribution < -0.4 is 14.9 Å². The average molecular weight is 504 g/mol. The molecule has 1 aliphatic heterocycles. The van der Waals surface area contributed by atoms with Crippen molar-refractivity contribution in [1.29, 1.82) is 0 Å². The summed E-state index contributed by atoms with van der Waals surface area (Å²) in [7, 11) is -3.86. The summed E-state index contributed by atoms with van der Waals surface area (Å²) in [5.74, 6) is -0.346. The van der Waals surface area contributed by atoms with Gasteiger partial charge in [0.2, 0.25) is 0 Å². The number of nitrogens with one attached hydrogen (secondary N) is 2. The van der Waals surface area contributed by atoms with Crippen molar-refractivity contribution in [1.82, 2.24) is 0 Å². The lowest BCUT2D eigenvalue weighted by Crippen LogP contribution is -2.22. The molecule has 6 nitrogen and oxygen atoms in total. The number of aryl methyl sites for hydroxylation is 2. The molecule has 2 N–H and O–H groups in total. The van der Waals surface area contributed by atoms with Gasteiger partial charge in [0.25, 0.3) is 15.9 Å². The van der Waals surface area contributed by atoms with Crippen LogP contribution in [0, 0.1) is 20.8 Å². The summed E-state index contributed by atoms with van der Waals surface area (Å²) >= 11 is 7.06. The fourth-order valence-electron chi connectivity index (χ4n) is 4.35. The summed E-state index contributed by atoms with van der Waals surface area (Å²) in [5.41, 5.74) is 5.38. The quantitative estimate of drug-likeness (QED) is 0.433. The molecule has 2 aromatic carbocycles. The Labute approximate surface area is 203 Å². The molecule has 1 fully saturated rings. The van der Waals surface area contributed by atoms with E-state index in [2.05, 4.69) is 27.9 Å². The number of rotatable bonds is 6. The fraction of sp³-hybridized carbons (Fsp3) is 0.292. The molecule has 0 atom stereocenters. The van der Waals surface area contributed by atoms with Crippen molar-refractivity contribution < 1.29 is 13.2 Å². The van der Waals surface area contributed by atoms with Gasteiger partial charge in [-0.15, -0.1) is 11.3 Å². The van der Waals surface area contributed by atoms with Crippen LogP contribution in [0.2, 0.25) is 5.02 Å². The molecule has 0 aliphatic carbocycles. The largest absolute Gasteiger partial charge is 0.371 e. The second-order valence-corrected chi connectivity index (χ2v) is 11.3. The van der Waals surface area contributed by atoms with E-state index in [-0.39, 0.29) is 16.5 Å². The molecule has 0 spiro atoms. The van der Waals surface area contributed by atoms with Crippen molar-refractivity contribution in [3.63, 3.8) is 0 Å². The normalized spacial score (nSPS) is 13.9. The maximum Gasteiger partial charge on any atom is 0.267 e. The van der Waals surface area contributed by atoms with E-state index in [1.807, 2.05) is 13.8 Å². The third kappa shape index (κ3) is 4.88. The van der Waals surface area contributed by atoms with E-state index < -0.39 is 10.0 Å². The number of nitrogens with zero attached hydrogens (tertiary/aromatic N) is 1. The molecule has 0 radical (unpaired) electrons. The van der Waals surface area contributed by atoms with Crippen molar-refractivity contribution in [2.24, 2.45) is 0 Å². The molecule has 3 aromatic rings. The van der Waals surface area contributed by atoms with Gasteiger partial charge >= 0.3 is 0 Å². The van der Waals surface area contributed by atoms with E-state index >= 15 is 0 Å². The zero-order chi connectivity index (χ0) is 23.8. The van der Waals surface area contributed by atoms with Gasteiger partial charge in [-0.25, -0.2) is 8.42 Å². The van der Waals surface area contributed by atoms with Gasteiger partial charge in [-0.2, -0.15) is 0 Å². The minimum atomic E-state index is -3.86. The van der Waals surface area contributed by atoms with E-state index in [1.165, 1.54) is 59.7 Å². The van der Waals surface area contributed by atoms with Gasteiger partial charge in [-0.1, -0.05) is 17.7 Å². The molecular formula is C24H26ClN3O3S2. The Balaban J connectivity index is 1.60. The number of thiophene rings is 1. The van der Waals surface area contributed by atoms with Crippen LogP contribution >= 0.6 is 22.9 Å². The molecule has 1 amide bonds. The highest BCUT2D eigenvalue weighted by molar-refractivity contribution is 7.92. The summed E-state index contributed by atoms with van der Waals surface area (Å²) in [6, 6.07) is 9.56. The Hall–Kier alpha value is -2.55. The lowest BCUT2D eigenvalue weighted by molar-refractivity contribution is 0.103. The van der Waals surface area contributed by atoms with Gasteiger partial charge in [-0.3, -0.25) is 9.52 Å². The fourth-order valence-corrected chi connectivity index (χ4v) is 6.35. The zero-order valence-corrected chi connectivity index (χ0v) is 21.1. The Bertz CT molecular complexity index is 1300. The minimum Gasteiger partial charge on any atom is -0.371 e. The summed E-state index contributed by atoms with van der Waals surface area (Å²) < 4.78 is 28.1. The molecule has 4 rings (SSSR count). The summed E-state index contributed by atoms with van der Waals surface area (Å²) in [5, 5.41) is 5.18. The van der Waals surface area contributed by atoms with E-state index in [4.69, 9.17) is 11.6 Å². The number of halogens is 1. The Kier molecular flexibility index (Phi) is 6.70. The minimum absolute atomic E-state index is 0.0740. The smallest absolute Gasteiger partial charge is 0.267 e. The van der Waals surface area contributed by atoms with Crippen LogP contribution in [0.3, 0.4) is 0 Å². The highest BCUT2D eigenvalue weighted by Gasteiger charge is 2.23. The third-order valence-corrected chi connectivity index (χ3v) is 8.38. The summed E-state index contributed by atoms with van der Waals surface area (Å²) in [4.78, 5) is 16.0. The molecule has 174 valence electrons. The van der Waals surface area contributed by atoms with Crippen LogP contribution in [0.4, 0.5) is 17.1 Å². The average Bonchev–Trinajstić information content (AvgIpc) is 3.43. The maximum atomic E-state index is 13.2. The molecule has 0 unspecified atom stereocenters. The first kappa shape index (κ1) is 23.6. The second kappa shape index (κ2) is 9.37. The Morgan fingerprint density at radius 2 is 1.70 bits per heavy atom. The molecular weight excluding hydrogens is 478 g/mol. The predicted octanol–water partition coefficient (Wildman–Crippen LogP) is 5.98. The number of sulfonamides is 1. The number of hydrogen-bond donors (Lipinski definition) is 2. The molecule has 9 heteroatoms. The molecule has 1 aliphatic rings. The second-order valence-electron chi connectivity index (χ2n) is 8.23. The van der Waals surface area contributed by atoms with Crippen LogP contribution in [-0.2, 0) is 10.0 Å². The number of carbonyl (C=O) groups excluding carboxylic acids is 1. The lowest BCUT2D eigenvalue weighted by atomic mass is 10.0. The van der Waals surface area contributed by atoms with Crippen molar-refractivity contribution in [3.8, 4) is 0 Å². The van der Waals surface area contributed by atoms with E-state index in [1.54, 1.807) is 11.4 Å². The van der Waals surface area contributed by atoms with Crippen molar-refractivity contribution >= 4 is 55.9 Å². The Morgan fingerprint density at radius 1 is 1.03 bits per heavy atom. The first-order chi connectivity index (χ1) is 15.7. The molecule has 1 saturated heterocycles. The van der Waals surface area contributed by atoms with Gasteiger partial charge in [0.1, 0.15) is 4.88 Å². The standard InChI is InChI=1S/C24H26ClN3O3S2/c1-15-14-16(2)22(28-11-4-5-12-28)17(3)21(15)26-24(29)23-20(10-13-32-23)27-33(30,31)19-8-6-18(25)7-9-19/h6-10,13-14,27H,4-5,11-12H2,1-3H3,(H,26,29). The summed E-state index contributed by atoms with van der Waals surface area (Å²) in [6.45, 7) is 8.13. The molecule has 0 saturated carbocycles. The van der Waals surface area contributed by atoms with Crippen LogP contribution in [0.25, 0.3) is 0 Å². The first-order valence-electron chi connectivity index (χ1n) is 10.7. The number of anilines is 3. The monoisotopic (exact) mass is 503 g/mol. The topological polar surface area (TPSA) is 78.5 Å². The van der Waals surface area contributed by atoms with Crippen LogP contribution in [0.5, 0.6) is 0 Å². The van der Waals surface area contributed by atoms with Gasteiger partial charge in [0, 0.05) is 29.5 Å². The van der Waals surface area contributed by atoms with Crippen molar-refractivity contribution in [2.45, 2.75) is 38.5 Å². The number of hydrogen-bond acceptors (Lipinski definition) is 5. The zero-order valence-electron chi connectivity index (χ0n) is 18.7. The molecule has 2 heterocycles. The SMILES string of the molecule is Cc1cc(C)c(N2CCCC2)c(C)c1NC(=O)c1sccc1NS(=O)(=O)c1ccc(Cl)cc1. The predicted molar refractivity (Wildman–Crippen MR) is 137 cm³/mol. The highest BCUT2D eigenvalue weighted by atomic mass is 35.5. The summed E-state index contributed by atoms with van der Waals surface area (Å²) in [6.07, 6.45) is 2.33. The highest BCUT2D eigenvalue weighted by Crippen LogP contribution is 2.36. The van der Waals surface area contributed by atoms with Gasteiger partial charge in [-0.05, 0) is 86.0 Å². The third-order valence-electron chi connectivity index (χ3n) is 5.83. The number of amides is 1. The van der Waals surface area contributed by atoms with Gasteiger partial charge < -0.3 is 10.2 Å². The van der Waals surface area contributed by atoms with Crippen molar-refractivity contribution in [2.75, 3.05) is 28.0 Å². The van der Waals surface area contributed by atoms with Crippen LogP contribution in [-0.4, -0.2) is 27.4 Å². The lowest BCUT2D eigenvalue weighted by Gasteiger charge is -2.26. The van der Waals surface area contributed by atoms with Gasteiger partial charge in [0.05, 0.1) is 10.6 Å². The van der Waals surface area contributed by atoms with E-state index in [9.17, 15) is 13.2 Å². The van der Waals surface area contributed by atoms with Crippen LogP contribution in [0.1, 0.15) is 39.2 Å². The molecule has 1 aromatic heterocycles. The van der Waals surface area contributed by atoms with Crippen molar-refractivity contribution in [3.05, 3.63) is 68.4 Å². The van der Waals surface area contributed by atoms with Crippen LogP contribution in [0.15, 0.2) is 46.7 Å². The number of carbonyl (C=O) groups is 1. The maximum absolute atomic E-state index is 13.2. The Morgan fingerprint density at radius 3 is 2.36 bits per heavy atom. The van der Waals surface area contributed by atoms with E-state index in [0.29, 0.717) is 9.90 Å². The molecule has 0 bridgehead atoms. The first-order valence-corrected chi connectivity index (χ1v) is 13.4. The van der Waals surface area contributed by atoms with Gasteiger partial charge in [0.15, 0.2) is 0 Å². The number of benzene rings is 2.